The zero-order valence-electron chi connectivity index (χ0n) is 14.4. The second-order valence-corrected chi connectivity index (χ2v) is 5.92. The lowest BCUT2D eigenvalue weighted by atomic mass is 10.0. The van der Waals surface area contributed by atoms with Gasteiger partial charge in [0.15, 0.2) is 0 Å². The van der Waals surface area contributed by atoms with Crippen LogP contribution in [0.3, 0.4) is 0 Å². The van der Waals surface area contributed by atoms with Crippen LogP contribution < -0.4 is 10.6 Å². The number of ketones is 1. The lowest BCUT2D eigenvalue weighted by Gasteiger charge is -2.10. The summed E-state index contributed by atoms with van der Waals surface area (Å²) < 4.78 is 0. The van der Waals surface area contributed by atoms with E-state index in [1.165, 1.54) is 0 Å². The molecule has 0 aliphatic heterocycles. The minimum atomic E-state index is -0.637. The van der Waals surface area contributed by atoms with Crippen LogP contribution in [0.5, 0.6) is 0 Å². The Labute approximate surface area is 147 Å². The van der Waals surface area contributed by atoms with Gasteiger partial charge in [0.1, 0.15) is 0 Å². The van der Waals surface area contributed by atoms with E-state index in [1.807, 2.05) is 37.3 Å². The lowest BCUT2D eigenvalue weighted by Crippen LogP contribution is -2.27. The summed E-state index contributed by atoms with van der Waals surface area (Å²) in [6.07, 6.45) is 0.881. The summed E-state index contributed by atoms with van der Waals surface area (Å²) >= 11 is 0. The van der Waals surface area contributed by atoms with E-state index < -0.39 is 11.7 Å². The van der Waals surface area contributed by atoms with E-state index >= 15 is 0 Å². The zero-order valence-corrected chi connectivity index (χ0v) is 14.4. The van der Waals surface area contributed by atoms with Crippen LogP contribution >= 0.6 is 0 Å². The maximum absolute atomic E-state index is 12.1. The molecule has 0 spiro atoms. The Morgan fingerprint density at radius 2 is 1.56 bits per heavy atom. The highest BCUT2D eigenvalue weighted by Gasteiger charge is 2.19. The van der Waals surface area contributed by atoms with Gasteiger partial charge in [-0.1, -0.05) is 50.2 Å². The third-order valence-electron chi connectivity index (χ3n) is 3.90. The molecule has 0 aliphatic carbocycles. The Morgan fingerprint density at radius 3 is 2.20 bits per heavy atom. The molecular formula is C20H22N2O3. The molecule has 0 aromatic heterocycles. The Bertz CT molecular complexity index is 757. The fourth-order valence-corrected chi connectivity index (χ4v) is 2.26. The van der Waals surface area contributed by atoms with Crippen LogP contribution in [0.15, 0.2) is 54.6 Å². The molecule has 2 aromatic rings. The van der Waals surface area contributed by atoms with Gasteiger partial charge in [-0.15, -0.1) is 0 Å². The van der Waals surface area contributed by atoms with Gasteiger partial charge in [-0.3, -0.25) is 14.4 Å². The van der Waals surface area contributed by atoms with Crippen molar-refractivity contribution in [1.29, 1.82) is 0 Å². The average molecular weight is 338 g/mol. The third-order valence-corrected chi connectivity index (χ3v) is 3.90. The number of carbonyl (C=O) groups is 3. The van der Waals surface area contributed by atoms with Gasteiger partial charge in [0.2, 0.25) is 11.7 Å². The van der Waals surface area contributed by atoms with Crippen molar-refractivity contribution in [2.24, 2.45) is 5.92 Å². The van der Waals surface area contributed by atoms with Crippen LogP contribution in [-0.2, 0) is 20.8 Å². The first-order valence-corrected chi connectivity index (χ1v) is 8.28. The first-order chi connectivity index (χ1) is 12.0. The topological polar surface area (TPSA) is 75.3 Å². The summed E-state index contributed by atoms with van der Waals surface area (Å²) in [5, 5.41) is 5.37. The van der Waals surface area contributed by atoms with Gasteiger partial charge in [0, 0.05) is 17.3 Å². The first kappa shape index (κ1) is 18.4. The van der Waals surface area contributed by atoms with Gasteiger partial charge in [0.25, 0.3) is 5.91 Å². The van der Waals surface area contributed by atoms with Gasteiger partial charge in [-0.05, 0) is 30.2 Å². The van der Waals surface area contributed by atoms with Crippen molar-refractivity contribution in [3.05, 3.63) is 60.2 Å². The van der Waals surface area contributed by atoms with Crippen molar-refractivity contribution in [3.63, 3.8) is 0 Å². The summed E-state index contributed by atoms with van der Waals surface area (Å²) in [6, 6.07) is 16.2. The summed E-state index contributed by atoms with van der Waals surface area (Å²) in [5.41, 5.74) is 1.96. The fourth-order valence-electron chi connectivity index (χ4n) is 2.26. The molecule has 1 atom stereocenters. The van der Waals surface area contributed by atoms with Gasteiger partial charge in [-0.2, -0.15) is 0 Å². The van der Waals surface area contributed by atoms with E-state index in [0.29, 0.717) is 17.8 Å². The van der Waals surface area contributed by atoms with Crippen LogP contribution in [0.25, 0.3) is 0 Å². The molecule has 25 heavy (non-hydrogen) atoms. The number of rotatable bonds is 7. The van der Waals surface area contributed by atoms with E-state index in [-0.39, 0.29) is 18.2 Å². The van der Waals surface area contributed by atoms with E-state index in [2.05, 4.69) is 10.6 Å². The van der Waals surface area contributed by atoms with Crippen molar-refractivity contribution in [1.82, 2.24) is 0 Å². The number of nitrogens with one attached hydrogen (secondary N) is 2. The number of Topliss-reactive ketones (excluding diaryl/α,β-unsaturated/α-hetero) is 1. The minimum Gasteiger partial charge on any atom is -0.326 e. The van der Waals surface area contributed by atoms with Crippen molar-refractivity contribution in [3.8, 4) is 0 Å². The molecule has 5 heteroatoms. The van der Waals surface area contributed by atoms with Gasteiger partial charge < -0.3 is 10.6 Å². The smallest absolute Gasteiger partial charge is 0.292 e. The SMILES string of the molecule is CCC(C)C(=O)C(=O)Nc1cccc(NC(=O)Cc2ccccc2)c1. The molecule has 2 amide bonds. The monoisotopic (exact) mass is 338 g/mol. The molecule has 2 N–H and O–H groups in total. The Morgan fingerprint density at radius 1 is 0.920 bits per heavy atom. The molecule has 0 fully saturated rings. The summed E-state index contributed by atoms with van der Waals surface area (Å²) in [7, 11) is 0. The normalized spacial score (nSPS) is 11.4. The van der Waals surface area contributed by atoms with E-state index in [0.717, 1.165) is 5.56 Å². The van der Waals surface area contributed by atoms with E-state index in [4.69, 9.17) is 0 Å². The first-order valence-electron chi connectivity index (χ1n) is 8.28. The summed E-state index contributed by atoms with van der Waals surface area (Å²) in [4.78, 5) is 35.9. The van der Waals surface area contributed by atoms with Crippen molar-refractivity contribution in [2.45, 2.75) is 26.7 Å². The number of amides is 2. The average Bonchev–Trinajstić information content (AvgIpc) is 2.61. The van der Waals surface area contributed by atoms with Gasteiger partial charge in [0.05, 0.1) is 6.42 Å². The highest BCUT2D eigenvalue weighted by Crippen LogP contribution is 2.16. The molecule has 0 radical (unpaired) electrons. The molecule has 0 saturated carbocycles. The molecular weight excluding hydrogens is 316 g/mol. The molecule has 5 nitrogen and oxygen atoms in total. The molecule has 130 valence electrons. The third kappa shape index (κ3) is 5.57. The van der Waals surface area contributed by atoms with Gasteiger partial charge in [-0.25, -0.2) is 0 Å². The predicted octanol–water partition coefficient (Wildman–Crippen LogP) is 3.42. The van der Waals surface area contributed by atoms with E-state index in [1.54, 1.807) is 31.2 Å². The quantitative estimate of drug-likeness (QED) is 0.760. The zero-order chi connectivity index (χ0) is 18.2. The van der Waals surface area contributed by atoms with Crippen LogP contribution in [0.2, 0.25) is 0 Å². The number of hydrogen-bond donors (Lipinski definition) is 2. The molecule has 0 saturated heterocycles. The Hall–Kier alpha value is -2.95. The molecule has 0 bridgehead atoms. The second-order valence-electron chi connectivity index (χ2n) is 5.92. The van der Waals surface area contributed by atoms with Crippen molar-refractivity contribution in [2.75, 3.05) is 10.6 Å². The minimum absolute atomic E-state index is 0.148. The van der Waals surface area contributed by atoms with Crippen molar-refractivity contribution < 1.29 is 14.4 Å². The summed E-state index contributed by atoms with van der Waals surface area (Å²) in [6.45, 7) is 3.58. The van der Waals surface area contributed by atoms with Crippen LogP contribution in [0, 0.1) is 5.92 Å². The lowest BCUT2D eigenvalue weighted by molar-refractivity contribution is -0.137. The maximum Gasteiger partial charge on any atom is 0.292 e. The molecule has 0 aliphatic rings. The van der Waals surface area contributed by atoms with Crippen LogP contribution in [-0.4, -0.2) is 17.6 Å². The van der Waals surface area contributed by atoms with Crippen molar-refractivity contribution >= 4 is 29.0 Å². The predicted molar refractivity (Wildman–Crippen MR) is 98.3 cm³/mol. The maximum atomic E-state index is 12.1. The Balaban J connectivity index is 1.97. The summed E-state index contributed by atoms with van der Waals surface area (Å²) in [5.74, 6) is -1.54. The van der Waals surface area contributed by atoms with Crippen LogP contribution in [0.4, 0.5) is 11.4 Å². The molecule has 0 heterocycles. The van der Waals surface area contributed by atoms with Crippen LogP contribution in [0.1, 0.15) is 25.8 Å². The molecule has 2 rings (SSSR count). The standard InChI is InChI=1S/C20H22N2O3/c1-3-14(2)19(24)20(25)22-17-11-7-10-16(13-17)21-18(23)12-15-8-5-4-6-9-15/h4-11,13-14H,3,12H2,1-2H3,(H,21,23)(H,22,25). The number of benzene rings is 2. The largest absolute Gasteiger partial charge is 0.326 e. The fraction of sp³-hybridized carbons (Fsp3) is 0.250. The number of hydrogen-bond acceptors (Lipinski definition) is 3. The van der Waals surface area contributed by atoms with E-state index in [9.17, 15) is 14.4 Å². The molecule has 2 aromatic carbocycles. The van der Waals surface area contributed by atoms with Gasteiger partial charge >= 0.3 is 0 Å². The molecule has 1 unspecified atom stereocenters. The highest BCUT2D eigenvalue weighted by molar-refractivity contribution is 6.41. The number of anilines is 2. The second kappa shape index (κ2) is 8.78. The highest BCUT2D eigenvalue weighted by atomic mass is 16.2. The number of carbonyl (C=O) groups excluding carboxylic acids is 3. The Kier molecular flexibility index (Phi) is 6.46.